The average molecular weight is 245 g/mol. The minimum atomic E-state index is 0.466. The van der Waals surface area contributed by atoms with Crippen molar-refractivity contribution in [2.45, 2.75) is 26.4 Å². The first-order valence-electron chi connectivity index (χ1n) is 6.33. The van der Waals surface area contributed by atoms with Crippen LogP contribution in [0.25, 0.3) is 0 Å². The summed E-state index contributed by atoms with van der Waals surface area (Å²) in [6.07, 6.45) is 3.76. The molecule has 0 unspecified atom stereocenters. The molecule has 1 N–H and O–H groups in total. The van der Waals surface area contributed by atoms with Gasteiger partial charge in [0.1, 0.15) is 5.82 Å². The Balaban J connectivity index is 2.77. The van der Waals surface area contributed by atoms with Crippen molar-refractivity contribution in [3.05, 3.63) is 49.2 Å². The molecule has 1 heterocycles. The molecule has 0 spiro atoms. The Hall–Kier alpha value is -1.61. The summed E-state index contributed by atoms with van der Waals surface area (Å²) >= 11 is 0. The predicted molar refractivity (Wildman–Crippen MR) is 78.8 cm³/mol. The number of pyridine rings is 1. The van der Waals surface area contributed by atoms with E-state index in [0.717, 1.165) is 31.1 Å². The zero-order chi connectivity index (χ0) is 13.4. The van der Waals surface area contributed by atoms with E-state index in [2.05, 4.69) is 42.2 Å². The van der Waals surface area contributed by atoms with Gasteiger partial charge in [0.15, 0.2) is 0 Å². The molecule has 0 aliphatic carbocycles. The number of hydrogen-bond donors (Lipinski definition) is 1. The zero-order valence-electron chi connectivity index (χ0n) is 11.4. The van der Waals surface area contributed by atoms with Gasteiger partial charge in [-0.15, -0.1) is 13.2 Å². The summed E-state index contributed by atoms with van der Waals surface area (Å²) in [5.41, 5.74) is 1.05. The Morgan fingerprint density at radius 2 is 1.94 bits per heavy atom. The number of hydrogen-bond acceptors (Lipinski definition) is 3. The third-order valence-electron chi connectivity index (χ3n) is 2.51. The van der Waals surface area contributed by atoms with Crippen LogP contribution in [-0.2, 0) is 6.54 Å². The fourth-order valence-electron chi connectivity index (χ4n) is 1.62. The van der Waals surface area contributed by atoms with E-state index in [-0.39, 0.29) is 0 Å². The Morgan fingerprint density at radius 1 is 1.28 bits per heavy atom. The number of anilines is 1. The third kappa shape index (κ3) is 4.72. The molecule has 0 bridgehead atoms. The molecule has 1 aromatic rings. The summed E-state index contributed by atoms with van der Waals surface area (Å²) in [5.74, 6) is 0.970. The van der Waals surface area contributed by atoms with Gasteiger partial charge in [-0.1, -0.05) is 32.1 Å². The van der Waals surface area contributed by atoms with Crippen molar-refractivity contribution < 1.29 is 0 Å². The molecule has 0 aliphatic rings. The van der Waals surface area contributed by atoms with Crippen molar-refractivity contribution in [3.63, 3.8) is 0 Å². The second-order valence-electron chi connectivity index (χ2n) is 4.51. The van der Waals surface area contributed by atoms with E-state index in [0.29, 0.717) is 6.04 Å². The highest BCUT2D eigenvalue weighted by atomic mass is 15.2. The molecule has 0 saturated heterocycles. The fraction of sp³-hybridized carbons (Fsp3) is 0.400. The maximum absolute atomic E-state index is 4.65. The SMILES string of the molecule is C=CCN(CC=C)c1cccc(CNC(C)C)n1. The summed E-state index contributed by atoms with van der Waals surface area (Å²) < 4.78 is 0. The van der Waals surface area contributed by atoms with Gasteiger partial charge in [0.25, 0.3) is 0 Å². The molecule has 98 valence electrons. The predicted octanol–water partition coefficient (Wildman–Crippen LogP) is 2.76. The Labute approximate surface area is 110 Å². The molecule has 1 aromatic heterocycles. The van der Waals surface area contributed by atoms with E-state index in [1.54, 1.807) is 0 Å². The van der Waals surface area contributed by atoms with Crippen molar-refractivity contribution in [1.82, 2.24) is 10.3 Å². The maximum Gasteiger partial charge on any atom is 0.129 e. The van der Waals surface area contributed by atoms with Crippen LogP contribution < -0.4 is 10.2 Å². The summed E-state index contributed by atoms with van der Waals surface area (Å²) in [6.45, 7) is 14.2. The van der Waals surface area contributed by atoms with Crippen molar-refractivity contribution in [2.75, 3.05) is 18.0 Å². The van der Waals surface area contributed by atoms with E-state index in [9.17, 15) is 0 Å². The van der Waals surface area contributed by atoms with Crippen LogP contribution in [0.4, 0.5) is 5.82 Å². The lowest BCUT2D eigenvalue weighted by atomic mass is 10.3. The van der Waals surface area contributed by atoms with Crippen LogP contribution in [-0.4, -0.2) is 24.1 Å². The lowest BCUT2D eigenvalue weighted by molar-refractivity contribution is 0.581. The monoisotopic (exact) mass is 245 g/mol. The molecule has 3 heteroatoms. The summed E-state index contributed by atoms with van der Waals surface area (Å²) in [6, 6.07) is 6.57. The molecular weight excluding hydrogens is 222 g/mol. The van der Waals surface area contributed by atoms with Gasteiger partial charge < -0.3 is 10.2 Å². The average Bonchev–Trinajstić information content (AvgIpc) is 2.36. The first-order chi connectivity index (χ1) is 8.67. The number of aromatic nitrogens is 1. The fourth-order valence-corrected chi connectivity index (χ4v) is 1.62. The third-order valence-corrected chi connectivity index (χ3v) is 2.51. The first kappa shape index (κ1) is 14.5. The largest absolute Gasteiger partial charge is 0.349 e. The van der Waals surface area contributed by atoms with E-state index >= 15 is 0 Å². The first-order valence-corrected chi connectivity index (χ1v) is 6.33. The van der Waals surface area contributed by atoms with Gasteiger partial charge in [-0.2, -0.15) is 0 Å². The molecule has 0 saturated carbocycles. The van der Waals surface area contributed by atoms with Crippen molar-refractivity contribution in [1.29, 1.82) is 0 Å². The second kappa shape index (κ2) is 7.67. The quantitative estimate of drug-likeness (QED) is 0.714. The summed E-state index contributed by atoms with van der Waals surface area (Å²) in [4.78, 5) is 6.79. The lowest BCUT2D eigenvalue weighted by Crippen LogP contribution is -2.26. The maximum atomic E-state index is 4.65. The van der Waals surface area contributed by atoms with E-state index in [1.807, 2.05) is 30.4 Å². The number of rotatable bonds is 8. The smallest absolute Gasteiger partial charge is 0.129 e. The normalized spacial score (nSPS) is 10.4. The van der Waals surface area contributed by atoms with E-state index < -0.39 is 0 Å². The molecule has 0 aromatic carbocycles. The molecule has 0 aliphatic heterocycles. The van der Waals surface area contributed by atoms with Gasteiger partial charge >= 0.3 is 0 Å². The second-order valence-corrected chi connectivity index (χ2v) is 4.51. The molecule has 0 fully saturated rings. The zero-order valence-corrected chi connectivity index (χ0v) is 11.4. The Kier molecular flexibility index (Phi) is 6.15. The lowest BCUT2D eigenvalue weighted by Gasteiger charge is -2.21. The molecule has 0 radical (unpaired) electrons. The van der Waals surface area contributed by atoms with Crippen LogP contribution in [0.2, 0.25) is 0 Å². The standard InChI is InChI=1S/C15H23N3/c1-5-10-18(11-6-2)15-9-7-8-14(17-15)12-16-13(3)4/h5-9,13,16H,1-2,10-12H2,3-4H3. The van der Waals surface area contributed by atoms with E-state index in [4.69, 9.17) is 0 Å². The van der Waals surface area contributed by atoms with Gasteiger partial charge in [0.05, 0.1) is 5.69 Å². The molecule has 1 rings (SSSR count). The van der Waals surface area contributed by atoms with Crippen LogP contribution in [0.1, 0.15) is 19.5 Å². The van der Waals surface area contributed by atoms with Crippen LogP contribution >= 0.6 is 0 Å². The van der Waals surface area contributed by atoms with Gasteiger partial charge in [0.2, 0.25) is 0 Å². The number of nitrogens with zero attached hydrogens (tertiary/aromatic N) is 2. The number of nitrogens with one attached hydrogen (secondary N) is 1. The van der Waals surface area contributed by atoms with Gasteiger partial charge in [-0.25, -0.2) is 4.98 Å². The highest BCUT2D eigenvalue weighted by Crippen LogP contribution is 2.11. The topological polar surface area (TPSA) is 28.2 Å². The van der Waals surface area contributed by atoms with Gasteiger partial charge in [-0.3, -0.25) is 0 Å². The minimum Gasteiger partial charge on any atom is -0.349 e. The van der Waals surface area contributed by atoms with Gasteiger partial charge in [0, 0.05) is 25.7 Å². The van der Waals surface area contributed by atoms with Crippen LogP contribution in [0, 0.1) is 0 Å². The Morgan fingerprint density at radius 3 is 2.50 bits per heavy atom. The van der Waals surface area contributed by atoms with Crippen molar-refractivity contribution >= 4 is 5.82 Å². The van der Waals surface area contributed by atoms with Gasteiger partial charge in [-0.05, 0) is 12.1 Å². The molecule has 0 amide bonds. The highest BCUT2D eigenvalue weighted by molar-refractivity contribution is 5.40. The molecular formula is C15H23N3. The van der Waals surface area contributed by atoms with Crippen molar-refractivity contribution in [2.24, 2.45) is 0 Å². The molecule has 0 atom stereocenters. The summed E-state index contributed by atoms with van der Waals surface area (Å²) in [5, 5.41) is 3.37. The van der Waals surface area contributed by atoms with Crippen LogP contribution in [0.3, 0.4) is 0 Å². The Bertz CT molecular complexity index is 375. The van der Waals surface area contributed by atoms with Crippen LogP contribution in [0.15, 0.2) is 43.5 Å². The summed E-state index contributed by atoms with van der Waals surface area (Å²) in [7, 11) is 0. The minimum absolute atomic E-state index is 0.466. The highest BCUT2D eigenvalue weighted by Gasteiger charge is 2.05. The molecule has 3 nitrogen and oxygen atoms in total. The van der Waals surface area contributed by atoms with Crippen LogP contribution in [0.5, 0.6) is 0 Å². The van der Waals surface area contributed by atoms with E-state index in [1.165, 1.54) is 0 Å². The van der Waals surface area contributed by atoms with Crippen molar-refractivity contribution in [3.8, 4) is 0 Å². The molecule has 18 heavy (non-hydrogen) atoms.